The van der Waals surface area contributed by atoms with Gasteiger partial charge in [-0.1, -0.05) is 0 Å². The normalized spacial score (nSPS) is 10.6. The summed E-state index contributed by atoms with van der Waals surface area (Å²) < 4.78 is 0.391. The third kappa shape index (κ3) is 1.10. The average Bonchev–Trinajstić information content (AvgIpc) is 2.59. The Morgan fingerprint density at radius 2 is 2.07 bits per heavy atom. The number of carbonyl (C=O) groups is 1. The zero-order valence-electron chi connectivity index (χ0n) is 6.89. The number of hydrogen-bond donors (Lipinski definition) is 3. The highest BCUT2D eigenvalue weighted by Gasteiger charge is 2.16. The molecule has 72 valence electrons. The van der Waals surface area contributed by atoms with Crippen molar-refractivity contribution < 1.29 is 20.1 Å². The van der Waals surface area contributed by atoms with Crippen LogP contribution in [0.25, 0.3) is 10.1 Å². The molecular formula is C9H6O4S. The van der Waals surface area contributed by atoms with Gasteiger partial charge in [0.05, 0.1) is 4.70 Å². The second kappa shape index (κ2) is 2.88. The zero-order chi connectivity index (χ0) is 10.3. The Bertz CT molecular complexity index is 515. The molecule has 0 atom stereocenters. The molecule has 0 bridgehead atoms. The molecule has 3 N–H and O–H groups in total. The Kier molecular flexibility index (Phi) is 1.82. The second-order valence-electron chi connectivity index (χ2n) is 2.76. The number of fused-ring (bicyclic) bond motifs is 1. The number of benzene rings is 1. The van der Waals surface area contributed by atoms with Gasteiger partial charge in [-0.3, -0.25) is 0 Å². The Hall–Kier alpha value is -1.75. The first-order valence-corrected chi connectivity index (χ1v) is 4.64. The van der Waals surface area contributed by atoms with Crippen LogP contribution in [0.3, 0.4) is 0 Å². The smallest absolute Gasteiger partial charge is 0.339 e. The van der Waals surface area contributed by atoms with Crippen molar-refractivity contribution >= 4 is 27.4 Å². The van der Waals surface area contributed by atoms with E-state index in [1.165, 1.54) is 11.3 Å². The highest BCUT2D eigenvalue weighted by Crippen LogP contribution is 2.38. The number of rotatable bonds is 1. The van der Waals surface area contributed by atoms with Crippen LogP contribution in [-0.2, 0) is 0 Å². The summed E-state index contributed by atoms with van der Waals surface area (Å²) in [6.45, 7) is 0. The van der Waals surface area contributed by atoms with E-state index in [0.29, 0.717) is 10.1 Å². The van der Waals surface area contributed by atoms with Crippen LogP contribution in [0.2, 0.25) is 0 Å². The van der Waals surface area contributed by atoms with Gasteiger partial charge >= 0.3 is 5.97 Å². The molecule has 0 aliphatic rings. The fourth-order valence-electron chi connectivity index (χ4n) is 1.26. The molecule has 0 aliphatic carbocycles. The lowest BCUT2D eigenvalue weighted by molar-refractivity contribution is 0.0693. The van der Waals surface area contributed by atoms with Gasteiger partial charge in [-0.25, -0.2) is 4.79 Å². The van der Waals surface area contributed by atoms with Gasteiger partial charge in [0.25, 0.3) is 0 Å². The molecule has 0 aliphatic heterocycles. The van der Waals surface area contributed by atoms with Gasteiger partial charge in [-0.15, -0.1) is 11.3 Å². The van der Waals surface area contributed by atoms with Gasteiger partial charge in [-0.05, 0) is 17.5 Å². The average molecular weight is 210 g/mol. The van der Waals surface area contributed by atoms with Crippen LogP contribution < -0.4 is 0 Å². The lowest BCUT2D eigenvalue weighted by Crippen LogP contribution is -1.96. The van der Waals surface area contributed by atoms with Crippen molar-refractivity contribution in [3.8, 4) is 11.5 Å². The highest BCUT2D eigenvalue weighted by atomic mass is 32.1. The summed E-state index contributed by atoms with van der Waals surface area (Å²) in [6.07, 6.45) is 0. The first kappa shape index (κ1) is 8.83. The number of carboxylic acid groups (broad SMARTS) is 1. The third-order valence-electron chi connectivity index (χ3n) is 1.92. The van der Waals surface area contributed by atoms with Crippen LogP contribution in [0, 0.1) is 0 Å². The van der Waals surface area contributed by atoms with Crippen LogP contribution in [0.1, 0.15) is 10.4 Å². The van der Waals surface area contributed by atoms with Gasteiger partial charge in [-0.2, -0.15) is 0 Å². The van der Waals surface area contributed by atoms with Crippen molar-refractivity contribution in [2.45, 2.75) is 0 Å². The van der Waals surface area contributed by atoms with E-state index in [0.717, 1.165) is 6.07 Å². The Labute approximate surface area is 82.7 Å². The predicted molar refractivity (Wildman–Crippen MR) is 52.1 cm³/mol. The van der Waals surface area contributed by atoms with Gasteiger partial charge in [0.2, 0.25) is 0 Å². The maximum Gasteiger partial charge on any atom is 0.339 e. The molecule has 1 heterocycles. The van der Waals surface area contributed by atoms with Crippen LogP contribution in [0.15, 0.2) is 17.5 Å². The van der Waals surface area contributed by atoms with E-state index in [9.17, 15) is 15.0 Å². The maximum absolute atomic E-state index is 10.7. The minimum Gasteiger partial charge on any atom is -0.507 e. The Balaban J connectivity index is 2.88. The van der Waals surface area contributed by atoms with Gasteiger partial charge in [0.15, 0.2) is 0 Å². The quantitative estimate of drug-likeness (QED) is 0.629. The maximum atomic E-state index is 10.7. The predicted octanol–water partition coefficient (Wildman–Crippen LogP) is 2.01. The van der Waals surface area contributed by atoms with E-state index in [2.05, 4.69) is 0 Å². The number of hydrogen-bond acceptors (Lipinski definition) is 4. The number of aromatic carboxylic acids is 1. The molecule has 1 aromatic heterocycles. The summed E-state index contributed by atoms with van der Waals surface area (Å²) in [5.74, 6) is -1.68. The van der Waals surface area contributed by atoms with Crippen molar-refractivity contribution in [1.29, 1.82) is 0 Å². The molecule has 0 radical (unpaired) electrons. The zero-order valence-corrected chi connectivity index (χ0v) is 7.71. The molecule has 0 amide bonds. The minimum atomic E-state index is -1.26. The van der Waals surface area contributed by atoms with E-state index < -0.39 is 5.97 Å². The first-order valence-electron chi connectivity index (χ1n) is 3.76. The SMILES string of the molecule is O=C(O)c1cc(O)c2ccsc2c1O. The first-order chi connectivity index (χ1) is 6.61. The second-order valence-corrected chi connectivity index (χ2v) is 3.68. The summed E-state index contributed by atoms with van der Waals surface area (Å²) in [6, 6.07) is 2.67. The van der Waals surface area contributed by atoms with Crippen molar-refractivity contribution in [3.63, 3.8) is 0 Å². The monoisotopic (exact) mass is 210 g/mol. The van der Waals surface area contributed by atoms with Gasteiger partial charge in [0, 0.05) is 5.39 Å². The largest absolute Gasteiger partial charge is 0.507 e. The van der Waals surface area contributed by atoms with E-state index in [1.807, 2.05) is 0 Å². The van der Waals surface area contributed by atoms with Gasteiger partial charge in [0.1, 0.15) is 17.1 Å². The molecule has 0 fully saturated rings. The summed E-state index contributed by atoms with van der Waals surface area (Å²) in [7, 11) is 0. The fraction of sp³-hybridized carbons (Fsp3) is 0. The summed E-state index contributed by atoms with van der Waals surface area (Å²) >= 11 is 1.19. The number of thiophene rings is 1. The minimum absolute atomic E-state index is 0.128. The Morgan fingerprint density at radius 3 is 2.71 bits per heavy atom. The summed E-state index contributed by atoms with van der Waals surface area (Å²) in [4.78, 5) is 10.7. The van der Waals surface area contributed by atoms with Gasteiger partial charge < -0.3 is 15.3 Å². The lowest BCUT2D eigenvalue weighted by Gasteiger charge is -2.02. The van der Waals surface area contributed by atoms with Crippen molar-refractivity contribution in [1.82, 2.24) is 0 Å². The van der Waals surface area contributed by atoms with Crippen molar-refractivity contribution in [2.75, 3.05) is 0 Å². The Morgan fingerprint density at radius 1 is 1.36 bits per heavy atom. The summed E-state index contributed by atoms with van der Waals surface area (Å²) in [5, 5.41) is 29.9. The molecule has 4 nitrogen and oxygen atoms in total. The van der Waals surface area contributed by atoms with E-state index in [1.54, 1.807) is 11.4 Å². The third-order valence-corrected chi connectivity index (χ3v) is 2.84. The van der Waals surface area contributed by atoms with Crippen molar-refractivity contribution in [3.05, 3.63) is 23.1 Å². The van der Waals surface area contributed by atoms with E-state index in [-0.39, 0.29) is 17.1 Å². The molecule has 1 aromatic carbocycles. The molecular weight excluding hydrogens is 204 g/mol. The topological polar surface area (TPSA) is 77.8 Å². The molecule has 2 rings (SSSR count). The molecule has 0 spiro atoms. The summed E-state index contributed by atoms with van der Waals surface area (Å²) in [5.41, 5.74) is -0.280. The van der Waals surface area contributed by atoms with E-state index >= 15 is 0 Å². The number of phenols is 2. The lowest BCUT2D eigenvalue weighted by atomic mass is 10.1. The van der Waals surface area contributed by atoms with E-state index in [4.69, 9.17) is 5.11 Å². The molecule has 0 saturated carbocycles. The van der Waals surface area contributed by atoms with Crippen LogP contribution in [0.4, 0.5) is 0 Å². The molecule has 0 unspecified atom stereocenters. The molecule has 5 heteroatoms. The number of aromatic hydroxyl groups is 2. The van der Waals surface area contributed by atoms with Crippen LogP contribution >= 0.6 is 11.3 Å². The fourth-order valence-corrected chi connectivity index (χ4v) is 2.12. The molecule has 14 heavy (non-hydrogen) atoms. The number of carboxylic acids is 1. The highest BCUT2D eigenvalue weighted by molar-refractivity contribution is 7.17. The van der Waals surface area contributed by atoms with Crippen molar-refractivity contribution in [2.24, 2.45) is 0 Å². The standard InChI is InChI=1S/C9H6O4S/c10-6-3-5(9(12)13)7(11)8-4(6)1-2-14-8/h1-3,10-11H,(H,12,13). The molecule has 2 aromatic rings. The number of phenolic OH excluding ortho intramolecular Hbond substituents is 1. The molecule has 0 saturated heterocycles. The van der Waals surface area contributed by atoms with Crippen LogP contribution in [0.5, 0.6) is 11.5 Å². The van der Waals surface area contributed by atoms with Crippen LogP contribution in [-0.4, -0.2) is 21.3 Å².